The number of aromatic nitrogens is 4. The fraction of sp³-hybridized carbons (Fsp3) is 0.727. The van der Waals surface area contributed by atoms with Crippen LogP contribution in [-0.4, -0.2) is 71.9 Å². The minimum Gasteiger partial charge on any atom is -0.480 e. The Morgan fingerprint density at radius 1 is 1.43 bits per heavy atom. The summed E-state index contributed by atoms with van der Waals surface area (Å²) in [5.41, 5.74) is 0. The molecule has 1 aromatic heterocycles. The van der Waals surface area contributed by atoms with Crippen LogP contribution in [0.4, 0.5) is 0 Å². The van der Waals surface area contributed by atoms with Crippen molar-refractivity contribution in [2.45, 2.75) is 30.1 Å². The van der Waals surface area contributed by atoms with Crippen LogP contribution in [0.3, 0.4) is 0 Å². The van der Waals surface area contributed by atoms with E-state index in [9.17, 15) is 14.7 Å². The van der Waals surface area contributed by atoms with Crippen LogP contribution in [0.25, 0.3) is 0 Å². The van der Waals surface area contributed by atoms with E-state index in [0.29, 0.717) is 23.5 Å². The molecule has 8 nitrogen and oxygen atoms in total. The summed E-state index contributed by atoms with van der Waals surface area (Å²) in [5, 5.41) is 21.3. The lowest BCUT2D eigenvalue weighted by molar-refractivity contribution is -0.148. The quantitative estimate of drug-likeness (QED) is 0.761. The van der Waals surface area contributed by atoms with E-state index in [1.54, 1.807) is 16.4 Å². The number of carboxylic acids is 1. The van der Waals surface area contributed by atoms with Crippen molar-refractivity contribution in [3.8, 4) is 0 Å². The fourth-order valence-corrected chi connectivity index (χ4v) is 4.01. The van der Waals surface area contributed by atoms with Crippen molar-refractivity contribution >= 4 is 35.4 Å². The average Bonchev–Trinajstić information content (AvgIpc) is 3.23. The number of aliphatic carboxylic acids is 1. The zero-order chi connectivity index (χ0) is 14.8. The molecule has 1 N–H and O–H groups in total. The minimum atomic E-state index is -0.941. The van der Waals surface area contributed by atoms with E-state index in [-0.39, 0.29) is 11.7 Å². The van der Waals surface area contributed by atoms with Crippen LogP contribution in [0.5, 0.6) is 0 Å². The van der Waals surface area contributed by atoms with Crippen molar-refractivity contribution in [3.63, 3.8) is 0 Å². The van der Waals surface area contributed by atoms with Crippen molar-refractivity contribution in [1.29, 1.82) is 0 Å². The first-order valence-electron chi connectivity index (χ1n) is 6.67. The van der Waals surface area contributed by atoms with Crippen LogP contribution in [0, 0.1) is 0 Å². The van der Waals surface area contributed by atoms with Gasteiger partial charge in [-0.25, -0.2) is 9.48 Å². The van der Waals surface area contributed by atoms with Crippen LogP contribution in [0.15, 0.2) is 5.16 Å². The molecule has 1 aromatic rings. The molecule has 1 saturated carbocycles. The summed E-state index contributed by atoms with van der Waals surface area (Å²) in [4.78, 5) is 24.9. The Bertz CT molecular complexity index is 548. The monoisotopic (exact) mass is 329 g/mol. The number of rotatable bonds is 5. The Hall–Kier alpha value is -1.29. The van der Waals surface area contributed by atoms with Gasteiger partial charge in [0.15, 0.2) is 0 Å². The molecule has 1 amide bonds. The second-order valence-electron chi connectivity index (χ2n) is 4.94. The Balaban J connectivity index is 1.60. The Morgan fingerprint density at radius 2 is 2.24 bits per heavy atom. The molecule has 3 rings (SSSR count). The first-order valence-corrected chi connectivity index (χ1v) is 8.81. The average molecular weight is 329 g/mol. The Kier molecular flexibility index (Phi) is 4.34. The molecule has 0 bridgehead atoms. The molecule has 0 radical (unpaired) electrons. The molecule has 2 heterocycles. The number of thioether (sulfide) groups is 2. The highest BCUT2D eigenvalue weighted by Crippen LogP contribution is 2.36. The molecule has 1 aliphatic heterocycles. The minimum absolute atomic E-state index is 0.168. The molecular weight excluding hydrogens is 314 g/mol. The third-order valence-corrected chi connectivity index (χ3v) is 5.35. The standard InChI is InChI=1S/C11H15N5O3S2/c17-9(15-3-4-20-5-8(15)10(18)19)6-21-11-12-13-14-16(11)7-1-2-7/h7-8H,1-6H2,(H,18,19). The Morgan fingerprint density at radius 3 is 2.95 bits per heavy atom. The van der Waals surface area contributed by atoms with Gasteiger partial charge >= 0.3 is 5.97 Å². The molecule has 1 atom stereocenters. The first-order chi connectivity index (χ1) is 10.2. The van der Waals surface area contributed by atoms with E-state index < -0.39 is 12.0 Å². The molecular formula is C11H15N5O3S2. The third-order valence-electron chi connectivity index (χ3n) is 3.41. The second-order valence-corrected chi connectivity index (χ2v) is 7.03. The molecule has 0 spiro atoms. The summed E-state index contributed by atoms with van der Waals surface area (Å²) < 4.78 is 1.75. The van der Waals surface area contributed by atoms with E-state index in [1.807, 2.05) is 0 Å². The molecule has 1 saturated heterocycles. The number of carbonyl (C=O) groups excluding carboxylic acids is 1. The maximum Gasteiger partial charge on any atom is 0.327 e. The molecule has 10 heteroatoms. The highest BCUT2D eigenvalue weighted by molar-refractivity contribution is 8.00. The number of hydrogen-bond donors (Lipinski definition) is 1. The molecule has 1 aliphatic carbocycles. The Labute approximate surface area is 129 Å². The van der Waals surface area contributed by atoms with Crippen molar-refractivity contribution < 1.29 is 14.7 Å². The van der Waals surface area contributed by atoms with Crippen molar-refractivity contribution in [3.05, 3.63) is 0 Å². The predicted molar refractivity (Wildman–Crippen MR) is 77.3 cm³/mol. The van der Waals surface area contributed by atoms with Gasteiger partial charge in [0, 0.05) is 18.1 Å². The zero-order valence-electron chi connectivity index (χ0n) is 11.2. The summed E-state index contributed by atoms with van der Waals surface area (Å²) in [5.74, 6) is 0.286. The maximum absolute atomic E-state index is 12.3. The molecule has 21 heavy (non-hydrogen) atoms. The van der Waals surface area contributed by atoms with E-state index in [2.05, 4.69) is 15.5 Å². The van der Waals surface area contributed by atoms with E-state index in [1.165, 1.54) is 16.7 Å². The molecule has 1 unspecified atom stereocenters. The zero-order valence-corrected chi connectivity index (χ0v) is 12.8. The van der Waals surface area contributed by atoms with Gasteiger partial charge in [0.05, 0.1) is 11.8 Å². The highest BCUT2D eigenvalue weighted by atomic mass is 32.2. The molecule has 2 aliphatic rings. The molecule has 0 aromatic carbocycles. The number of tetrazole rings is 1. The normalized spacial score (nSPS) is 22.3. The summed E-state index contributed by atoms with van der Waals surface area (Å²) in [6.07, 6.45) is 2.13. The van der Waals surface area contributed by atoms with Gasteiger partial charge in [-0.2, -0.15) is 11.8 Å². The molecule has 2 fully saturated rings. The van der Waals surface area contributed by atoms with Crippen molar-refractivity contribution in [1.82, 2.24) is 25.1 Å². The van der Waals surface area contributed by atoms with Crippen LogP contribution in [0.1, 0.15) is 18.9 Å². The third kappa shape index (κ3) is 3.31. The van der Waals surface area contributed by atoms with Gasteiger partial charge in [-0.1, -0.05) is 11.8 Å². The number of nitrogens with zero attached hydrogens (tertiary/aromatic N) is 5. The van der Waals surface area contributed by atoms with Crippen LogP contribution in [-0.2, 0) is 9.59 Å². The van der Waals surface area contributed by atoms with Crippen LogP contribution < -0.4 is 0 Å². The topological polar surface area (TPSA) is 101 Å². The largest absolute Gasteiger partial charge is 0.480 e. The predicted octanol–water partition coefficient (Wildman–Crippen LogP) is 0.129. The van der Waals surface area contributed by atoms with Crippen LogP contribution >= 0.6 is 23.5 Å². The molecule has 114 valence electrons. The van der Waals surface area contributed by atoms with Crippen molar-refractivity contribution in [2.75, 3.05) is 23.8 Å². The SMILES string of the molecule is O=C(O)C1CSCCN1C(=O)CSc1nnnn1C1CC1. The summed E-state index contributed by atoms with van der Waals surface area (Å²) in [6.45, 7) is 0.481. The second kappa shape index (κ2) is 6.22. The lowest BCUT2D eigenvalue weighted by atomic mass is 10.2. The lowest BCUT2D eigenvalue weighted by Gasteiger charge is -2.32. The fourth-order valence-electron chi connectivity index (χ4n) is 2.14. The number of hydrogen-bond acceptors (Lipinski definition) is 7. The van der Waals surface area contributed by atoms with Gasteiger partial charge < -0.3 is 10.0 Å². The van der Waals surface area contributed by atoms with Gasteiger partial charge in [0.2, 0.25) is 11.1 Å². The first kappa shape index (κ1) is 14.6. The maximum atomic E-state index is 12.3. The number of amides is 1. The van der Waals surface area contributed by atoms with Crippen molar-refractivity contribution in [2.24, 2.45) is 0 Å². The summed E-state index contributed by atoms with van der Waals surface area (Å²) in [7, 11) is 0. The van der Waals surface area contributed by atoms with Gasteiger partial charge in [-0.15, -0.1) is 5.10 Å². The van der Waals surface area contributed by atoms with Gasteiger partial charge in [-0.3, -0.25) is 4.79 Å². The lowest BCUT2D eigenvalue weighted by Crippen LogP contribution is -2.50. The van der Waals surface area contributed by atoms with Gasteiger partial charge in [-0.05, 0) is 23.3 Å². The smallest absolute Gasteiger partial charge is 0.327 e. The van der Waals surface area contributed by atoms with E-state index in [0.717, 1.165) is 18.6 Å². The van der Waals surface area contributed by atoms with E-state index >= 15 is 0 Å². The highest BCUT2D eigenvalue weighted by Gasteiger charge is 2.33. The summed E-state index contributed by atoms with van der Waals surface area (Å²) >= 11 is 2.84. The van der Waals surface area contributed by atoms with Gasteiger partial charge in [0.1, 0.15) is 6.04 Å². The van der Waals surface area contributed by atoms with Crippen LogP contribution in [0.2, 0.25) is 0 Å². The summed E-state index contributed by atoms with van der Waals surface area (Å²) in [6, 6.07) is -0.368. The van der Waals surface area contributed by atoms with E-state index in [4.69, 9.17) is 0 Å². The number of carboxylic acid groups (broad SMARTS) is 1. The van der Waals surface area contributed by atoms with Gasteiger partial charge in [0.25, 0.3) is 0 Å². The number of carbonyl (C=O) groups is 2.